The predicted octanol–water partition coefficient (Wildman–Crippen LogP) is 3.91. The van der Waals surface area contributed by atoms with E-state index < -0.39 is 18.1 Å². The number of allylic oxidation sites excluding steroid dienone is 2. The van der Waals surface area contributed by atoms with Crippen LogP contribution in [0.5, 0.6) is 5.75 Å². The normalized spacial score (nSPS) is 25.1. The second-order valence-corrected chi connectivity index (χ2v) is 11.8. The van der Waals surface area contributed by atoms with Crippen LogP contribution in [0.15, 0.2) is 66.7 Å². The average Bonchev–Trinajstić information content (AvgIpc) is 3.01. The van der Waals surface area contributed by atoms with Gasteiger partial charge in [0.25, 0.3) is 0 Å². The second kappa shape index (κ2) is 14.8. The molecule has 0 saturated carbocycles. The van der Waals surface area contributed by atoms with Gasteiger partial charge in [-0.25, -0.2) is 0 Å². The Morgan fingerprint density at radius 1 is 1.05 bits per heavy atom. The number of likely N-dealkylation sites (tertiary alicyclic amines) is 1. The SMILES string of the molecule is O=C(CN1CC[C@@H]2NC(=O)[C@@H](Cc3ccccc3)NC(=O)C3(C/C=C/C[C@@H]2C1)CCOCC3)Nc1ccccc1OC(F)F. The molecule has 2 aromatic carbocycles. The lowest BCUT2D eigenvalue weighted by Crippen LogP contribution is -2.58. The molecule has 0 aliphatic carbocycles. The van der Waals surface area contributed by atoms with Gasteiger partial charge in [-0.15, -0.1) is 0 Å². The number of hydrogen-bond donors (Lipinski definition) is 3. The number of halogens is 2. The van der Waals surface area contributed by atoms with Crippen LogP contribution >= 0.6 is 0 Å². The van der Waals surface area contributed by atoms with Crippen molar-refractivity contribution >= 4 is 23.4 Å². The number of alkyl halides is 2. The maximum absolute atomic E-state index is 13.8. The van der Waals surface area contributed by atoms with Crippen LogP contribution in [0.1, 0.15) is 37.7 Å². The Morgan fingerprint density at radius 3 is 2.57 bits per heavy atom. The van der Waals surface area contributed by atoms with Crippen molar-refractivity contribution in [3.63, 3.8) is 0 Å². The highest BCUT2D eigenvalue weighted by molar-refractivity contribution is 5.93. The van der Waals surface area contributed by atoms with E-state index >= 15 is 0 Å². The summed E-state index contributed by atoms with van der Waals surface area (Å²) in [6.07, 6.45) is 7.56. The monoisotopic (exact) mass is 610 g/mol. The molecule has 3 atom stereocenters. The van der Waals surface area contributed by atoms with Crippen LogP contribution in [0.2, 0.25) is 0 Å². The maximum Gasteiger partial charge on any atom is 0.387 e. The molecule has 2 fully saturated rings. The third-order valence-electron chi connectivity index (χ3n) is 8.84. The molecule has 0 radical (unpaired) electrons. The first-order valence-electron chi connectivity index (χ1n) is 15.3. The molecular weight excluding hydrogens is 570 g/mol. The number of nitrogens with one attached hydrogen (secondary N) is 3. The summed E-state index contributed by atoms with van der Waals surface area (Å²) in [5.41, 5.74) is 0.505. The Bertz CT molecular complexity index is 1320. The molecule has 2 aromatic rings. The van der Waals surface area contributed by atoms with Crippen molar-refractivity contribution in [1.82, 2.24) is 15.5 Å². The van der Waals surface area contributed by atoms with Crippen LogP contribution in [-0.2, 0) is 25.5 Å². The van der Waals surface area contributed by atoms with Gasteiger partial charge in [0.15, 0.2) is 0 Å². The number of rotatable bonds is 7. The molecule has 44 heavy (non-hydrogen) atoms. The zero-order valence-electron chi connectivity index (χ0n) is 24.7. The molecule has 0 bridgehead atoms. The van der Waals surface area contributed by atoms with Gasteiger partial charge in [-0.05, 0) is 55.7 Å². The van der Waals surface area contributed by atoms with Gasteiger partial charge in [0, 0.05) is 38.8 Å². The largest absolute Gasteiger partial charge is 0.433 e. The molecule has 11 heteroatoms. The molecule has 236 valence electrons. The summed E-state index contributed by atoms with van der Waals surface area (Å²) in [5.74, 6) is -0.732. The molecule has 1 spiro atoms. The van der Waals surface area contributed by atoms with Gasteiger partial charge in [0.2, 0.25) is 17.7 Å². The number of para-hydroxylation sites is 2. The fourth-order valence-electron chi connectivity index (χ4n) is 6.36. The zero-order chi connectivity index (χ0) is 30.9. The number of nitrogens with zero attached hydrogens (tertiary/aromatic N) is 1. The van der Waals surface area contributed by atoms with Crippen LogP contribution < -0.4 is 20.7 Å². The first-order chi connectivity index (χ1) is 21.3. The minimum absolute atomic E-state index is 0.0318. The summed E-state index contributed by atoms with van der Waals surface area (Å²) in [6, 6.07) is 14.9. The van der Waals surface area contributed by atoms with Crippen LogP contribution in [0.4, 0.5) is 14.5 Å². The second-order valence-electron chi connectivity index (χ2n) is 11.8. The van der Waals surface area contributed by atoms with Crippen LogP contribution in [-0.4, -0.2) is 74.2 Å². The predicted molar refractivity (Wildman–Crippen MR) is 161 cm³/mol. The molecule has 5 rings (SSSR count). The van der Waals surface area contributed by atoms with Crippen molar-refractivity contribution < 1.29 is 32.6 Å². The number of benzene rings is 2. The van der Waals surface area contributed by atoms with E-state index in [9.17, 15) is 23.2 Å². The van der Waals surface area contributed by atoms with Crippen molar-refractivity contribution in [2.24, 2.45) is 11.3 Å². The van der Waals surface area contributed by atoms with Crippen molar-refractivity contribution in [3.05, 3.63) is 72.3 Å². The van der Waals surface area contributed by atoms with Gasteiger partial charge >= 0.3 is 6.61 Å². The quantitative estimate of drug-likeness (QED) is 0.411. The topological polar surface area (TPSA) is 109 Å². The standard InChI is InChI=1S/C33H40F2N4O5/c34-32(35)44-28-12-5-4-11-26(28)36-29(40)22-39-17-13-25-24(21-39)10-6-7-14-33(15-18-43-19-16-33)31(42)38-27(30(41)37-25)20-23-8-2-1-3-9-23/h1-9,11-12,24-25,27,32H,10,13-22H2,(H,36,40)(H,37,41)(H,38,42)/b7-6+/t24-,25+,27-/m1/s1. The highest BCUT2D eigenvalue weighted by Crippen LogP contribution is 2.36. The summed E-state index contributed by atoms with van der Waals surface area (Å²) < 4.78 is 35.7. The zero-order valence-corrected chi connectivity index (χ0v) is 24.7. The van der Waals surface area contributed by atoms with Gasteiger partial charge in [-0.3, -0.25) is 19.3 Å². The fourth-order valence-corrected chi connectivity index (χ4v) is 6.36. The fraction of sp³-hybridized carbons (Fsp3) is 0.485. The molecule has 0 unspecified atom stereocenters. The highest BCUT2D eigenvalue weighted by atomic mass is 19.3. The number of carbonyl (C=O) groups excluding carboxylic acids is 3. The maximum atomic E-state index is 13.8. The number of hydrogen-bond acceptors (Lipinski definition) is 6. The number of carbonyl (C=O) groups is 3. The van der Waals surface area contributed by atoms with E-state index in [1.165, 1.54) is 12.1 Å². The third-order valence-corrected chi connectivity index (χ3v) is 8.84. The molecule has 9 nitrogen and oxygen atoms in total. The van der Waals surface area contributed by atoms with E-state index in [0.29, 0.717) is 64.8 Å². The summed E-state index contributed by atoms with van der Waals surface area (Å²) in [7, 11) is 0. The summed E-state index contributed by atoms with van der Waals surface area (Å²) in [5, 5.41) is 9.02. The van der Waals surface area contributed by atoms with Crippen LogP contribution in [0.25, 0.3) is 0 Å². The van der Waals surface area contributed by atoms with Crippen LogP contribution in [0, 0.1) is 11.3 Å². The molecule has 3 amide bonds. The van der Waals surface area contributed by atoms with Crippen LogP contribution in [0.3, 0.4) is 0 Å². The molecule has 3 N–H and O–H groups in total. The summed E-state index contributed by atoms with van der Waals surface area (Å²) in [6.45, 7) is -0.814. The molecular formula is C33H40F2N4O5. The van der Waals surface area contributed by atoms with Crippen molar-refractivity contribution in [1.29, 1.82) is 0 Å². The summed E-state index contributed by atoms with van der Waals surface area (Å²) >= 11 is 0. The molecule has 0 aromatic heterocycles. The Hall–Kier alpha value is -3.83. The number of ether oxygens (including phenoxy) is 2. The lowest BCUT2D eigenvalue weighted by molar-refractivity contribution is -0.140. The summed E-state index contributed by atoms with van der Waals surface area (Å²) in [4.78, 5) is 42.4. The molecule has 3 heterocycles. The lowest BCUT2D eigenvalue weighted by Gasteiger charge is -2.40. The van der Waals surface area contributed by atoms with E-state index in [1.54, 1.807) is 12.1 Å². The molecule has 2 saturated heterocycles. The number of fused-ring (bicyclic) bond motifs is 1. The minimum Gasteiger partial charge on any atom is -0.433 e. The van der Waals surface area contributed by atoms with Gasteiger partial charge in [0.05, 0.1) is 17.6 Å². The first kappa shape index (κ1) is 31.6. The number of piperidine rings is 1. The van der Waals surface area contributed by atoms with E-state index in [1.807, 2.05) is 35.2 Å². The Morgan fingerprint density at radius 2 is 1.80 bits per heavy atom. The van der Waals surface area contributed by atoms with Crippen molar-refractivity contribution in [2.45, 2.75) is 57.2 Å². The van der Waals surface area contributed by atoms with E-state index in [2.05, 4.69) is 32.8 Å². The van der Waals surface area contributed by atoms with E-state index in [0.717, 1.165) is 5.56 Å². The Kier molecular flexibility index (Phi) is 10.6. The lowest BCUT2D eigenvalue weighted by atomic mass is 9.75. The Balaban J connectivity index is 1.30. The first-order valence-corrected chi connectivity index (χ1v) is 15.3. The minimum atomic E-state index is -3.00. The van der Waals surface area contributed by atoms with Gasteiger partial charge in [0.1, 0.15) is 11.8 Å². The van der Waals surface area contributed by atoms with Crippen molar-refractivity contribution in [2.75, 3.05) is 38.2 Å². The average molecular weight is 611 g/mol. The van der Waals surface area contributed by atoms with E-state index in [4.69, 9.17) is 4.74 Å². The van der Waals surface area contributed by atoms with Gasteiger partial charge < -0.3 is 25.4 Å². The van der Waals surface area contributed by atoms with E-state index in [-0.39, 0.29) is 47.7 Å². The van der Waals surface area contributed by atoms with Crippen molar-refractivity contribution in [3.8, 4) is 5.75 Å². The van der Waals surface area contributed by atoms with Gasteiger partial charge in [-0.1, -0.05) is 54.6 Å². The molecule has 3 aliphatic rings. The molecule has 3 aliphatic heterocycles. The Labute approximate surface area is 256 Å². The number of anilines is 1. The highest BCUT2D eigenvalue weighted by Gasteiger charge is 2.41. The number of amides is 3. The smallest absolute Gasteiger partial charge is 0.387 e. The van der Waals surface area contributed by atoms with Gasteiger partial charge in [-0.2, -0.15) is 8.78 Å². The third kappa shape index (κ3) is 8.21.